The van der Waals surface area contributed by atoms with Crippen LogP contribution in [-0.4, -0.2) is 11.5 Å². The monoisotopic (exact) mass is 350 g/mol. The Bertz CT molecular complexity index is 601. The Morgan fingerprint density at radius 2 is 2.10 bits per heavy atom. The molecule has 0 saturated carbocycles. The van der Waals surface area contributed by atoms with Crippen LogP contribution in [0.1, 0.15) is 36.3 Å². The van der Waals surface area contributed by atoms with Gasteiger partial charge in [0.15, 0.2) is 0 Å². The van der Waals surface area contributed by atoms with Crippen molar-refractivity contribution in [1.29, 1.82) is 0 Å². The Morgan fingerprint density at radius 1 is 1.29 bits per heavy atom. The Labute approximate surface area is 133 Å². The molecule has 1 N–H and O–H groups in total. The number of benzene rings is 1. The quantitative estimate of drug-likeness (QED) is 0.824. The Morgan fingerprint density at radius 3 is 2.81 bits per heavy atom. The minimum atomic E-state index is -0.172. The van der Waals surface area contributed by atoms with Gasteiger partial charge in [-0.05, 0) is 62.2 Å². The Kier molecular flexibility index (Phi) is 5.88. The molecule has 112 valence electrons. The number of rotatable bonds is 6. The molecule has 0 aliphatic rings. The first-order valence-corrected chi connectivity index (χ1v) is 8.00. The second-order valence-electron chi connectivity index (χ2n) is 5.15. The molecule has 1 heterocycles. The minimum absolute atomic E-state index is 0.0219. The van der Waals surface area contributed by atoms with Crippen LogP contribution in [0.25, 0.3) is 0 Å². The predicted molar refractivity (Wildman–Crippen MR) is 87.8 cm³/mol. The summed E-state index contributed by atoms with van der Waals surface area (Å²) >= 11 is 3.40. The van der Waals surface area contributed by atoms with Gasteiger partial charge in [0.25, 0.3) is 0 Å². The zero-order valence-corrected chi connectivity index (χ0v) is 14.0. The third-order valence-electron chi connectivity index (χ3n) is 3.34. The molecule has 1 aromatic heterocycles. The van der Waals surface area contributed by atoms with Crippen molar-refractivity contribution in [2.24, 2.45) is 0 Å². The molecule has 2 rings (SSSR count). The van der Waals surface area contributed by atoms with Gasteiger partial charge in [0.1, 0.15) is 5.82 Å². The van der Waals surface area contributed by atoms with E-state index >= 15 is 0 Å². The number of aromatic nitrogens is 1. The van der Waals surface area contributed by atoms with Gasteiger partial charge in [-0.1, -0.05) is 28.9 Å². The third kappa shape index (κ3) is 4.61. The molecule has 0 radical (unpaired) electrons. The first-order valence-electron chi connectivity index (χ1n) is 7.21. The minimum Gasteiger partial charge on any atom is -0.308 e. The maximum Gasteiger partial charge on any atom is 0.126 e. The molecular formula is C17H20BrFN2. The number of hydrogen-bond acceptors (Lipinski definition) is 2. The predicted octanol–water partition coefficient (Wildman–Crippen LogP) is 4.58. The molecule has 1 atom stereocenters. The maximum absolute atomic E-state index is 14.0. The number of nitrogens with one attached hydrogen (secondary N) is 1. The van der Waals surface area contributed by atoms with Gasteiger partial charge in [0, 0.05) is 10.2 Å². The number of nitrogens with zero attached hydrogens (tertiary/aromatic N) is 1. The second kappa shape index (κ2) is 7.66. The summed E-state index contributed by atoms with van der Waals surface area (Å²) in [6.07, 6.45) is 1.62. The molecule has 2 nitrogen and oxygen atoms in total. The van der Waals surface area contributed by atoms with E-state index in [1.165, 1.54) is 6.07 Å². The van der Waals surface area contributed by atoms with Gasteiger partial charge in [0.2, 0.25) is 0 Å². The molecule has 0 aliphatic heterocycles. The second-order valence-corrected chi connectivity index (χ2v) is 6.07. The first-order chi connectivity index (χ1) is 10.1. The number of halogens is 2. The van der Waals surface area contributed by atoms with Crippen LogP contribution in [0.3, 0.4) is 0 Å². The molecule has 0 aliphatic carbocycles. The molecule has 0 amide bonds. The summed E-state index contributed by atoms with van der Waals surface area (Å²) in [5.74, 6) is -0.172. The fraction of sp³-hybridized carbons (Fsp3) is 0.353. The molecule has 2 aromatic rings. The van der Waals surface area contributed by atoms with E-state index in [2.05, 4.69) is 33.2 Å². The van der Waals surface area contributed by atoms with Gasteiger partial charge in [0.05, 0.1) is 11.7 Å². The molecule has 0 fully saturated rings. The fourth-order valence-corrected chi connectivity index (χ4v) is 2.69. The third-order valence-corrected chi connectivity index (χ3v) is 3.83. The summed E-state index contributed by atoms with van der Waals surface area (Å²) < 4.78 is 14.9. The standard InChI is InChI=1S/C17H20BrFN2/c1-3-9-20-17(16-6-4-5-12(2)21-16)11-13-10-14(18)7-8-15(13)19/h4-8,10,17,20H,3,9,11H2,1-2H3. The molecule has 0 saturated heterocycles. The number of pyridine rings is 1. The lowest BCUT2D eigenvalue weighted by Crippen LogP contribution is -2.25. The van der Waals surface area contributed by atoms with Gasteiger partial charge in [-0.3, -0.25) is 4.98 Å². The topological polar surface area (TPSA) is 24.9 Å². The van der Waals surface area contributed by atoms with E-state index in [0.717, 1.165) is 28.8 Å². The van der Waals surface area contributed by atoms with E-state index in [-0.39, 0.29) is 11.9 Å². The van der Waals surface area contributed by atoms with Crippen LogP contribution in [0, 0.1) is 12.7 Å². The normalized spacial score (nSPS) is 12.4. The van der Waals surface area contributed by atoms with Crippen molar-refractivity contribution in [1.82, 2.24) is 10.3 Å². The van der Waals surface area contributed by atoms with Crippen LogP contribution in [0.4, 0.5) is 4.39 Å². The summed E-state index contributed by atoms with van der Waals surface area (Å²) in [7, 11) is 0. The highest BCUT2D eigenvalue weighted by atomic mass is 79.9. The molecule has 1 unspecified atom stereocenters. The summed E-state index contributed by atoms with van der Waals surface area (Å²) in [6.45, 7) is 4.98. The van der Waals surface area contributed by atoms with Crippen molar-refractivity contribution in [3.05, 3.63) is 63.6 Å². The van der Waals surface area contributed by atoms with Gasteiger partial charge in [-0.2, -0.15) is 0 Å². The van der Waals surface area contributed by atoms with Crippen molar-refractivity contribution in [3.8, 4) is 0 Å². The lowest BCUT2D eigenvalue weighted by molar-refractivity contribution is 0.502. The van der Waals surface area contributed by atoms with E-state index in [1.807, 2.05) is 31.2 Å². The largest absolute Gasteiger partial charge is 0.308 e. The van der Waals surface area contributed by atoms with Crippen LogP contribution >= 0.6 is 15.9 Å². The van der Waals surface area contributed by atoms with E-state index in [1.54, 1.807) is 6.07 Å². The summed E-state index contributed by atoms with van der Waals surface area (Å²) in [5, 5.41) is 3.46. The SMILES string of the molecule is CCCNC(Cc1cc(Br)ccc1F)c1cccc(C)n1. The van der Waals surface area contributed by atoms with Crippen molar-refractivity contribution in [2.75, 3.05) is 6.54 Å². The number of hydrogen-bond donors (Lipinski definition) is 1. The Balaban J connectivity index is 2.25. The highest BCUT2D eigenvalue weighted by molar-refractivity contribution is 9.10. The molecular weight excluding hydrogens is 331 g/mol. The zero-order valence-electron chi connectivity index (χ0n) is 12.4. The van der Waals surface area contributed by atoms with Crippen LogP contribution in [-0.2, 0) is 6.42 Å². The zero-order chi connectivity index (χ0) is 15.2. The van der Waals surface area contributed by atoms with Crippen LogP contribution in [0.2, 0.25) is 0 Å². The Hall–Kier alpha value is -1.26. The lowest BCUT2D eigenvalue weighted by Gasteiger charge is -2.19. The highest BCUT2D eigenvalue weighted by Gasteiger charge is 2.15. The summed E-state index contributed by atoms with van der Waals surface area (Å²) in [6, 6.07) is 11.0. The van der Waals surface area contributed by atoms with Crippen molar-refractivity contribution < 1.29 is 4.39 Å². The van der Waals surface area contributed by atoms with E-state index in [9.17, 15) is 4.39 Å². The van der Waals surface area contributed by atoms with E-state index in [4.69, 9.17) is 0 Å². The van der Waals surface area contributed by atoms with Crippen molar-refractivity contribution >= 4 is 15.9 Å². The van der Waals surface area contributed by atoms with Gasteiger partial charge in [-0.25, -0.2) is 4.39 Å². The molecule has 4 heteroatoms. The van der Waals surface area contributed by atoms with Gasteiger partial charge >= 0.3 is 0 Å². The van der Waals surface area contributed by atoms with E-state index < -0.39 is 0 Å². The van der Waals surface area contributed by atoms with Gasteiger partial charge in [-0.15, -0.1) is 0 Å². The fourth-order valence-electron chi connectivity index (χ4n) is 2.28. The average Bonchev–Trinajstić information content (AvgIpc) is 2.47. The number of aryl methyl sites for hydroxylation is 1. The molecule has 0 bridgehead atoms. The molecule has 1 aromatic carbocycles. The molecule has 0 spiro atoms. The summed E-state index contributed by atoms with van der Waals surface area (Å²) in [4.78, 5) is 4.58. The highest BCUT2D eigenvalue weighted by Crippen LogP contribution is 2.22. The van der Waals surface area contributed by atoms with Crippen LogP contribution < -0.4 is 5.32 Å². The average molecular weight is 351 g/mol. The van der Waals surface area contributed by atoms with Gasteiger partial charge < -0.3 is 5.32 Å². The lowest BCUT2D eigenvalue weighted by atomic mass is 10.0. The summed E-state index contributed by atoms with van der Waals surface area (Å²) in [5.41, 5.74) is 2.63. The van der Waals surface area contributed by atoms with Crippen molar-refractivity contribution in [3.63, 3.8) is 0 Å². The maximum atomic E-state index is 14.0. The van der Waals surface area contributed by atoms with Crippen LogP contribution in [0.15, 0.2) is 40.9 Å². The van der Waals surface area contributed by atoms with Crippen molar-refractivity contribution in [2.45, 2.75) is 32.7 Å². The molecule has 21 heavy (non-hydrogen) atoms. The smallest absolute Gasteiger partial charge is 0.126 e. The first kappa shape index (κ1) is 16.1. The van der Waals surface area contributed by atoms with E-state index in [0.29, 0.717) is 12.0 Å². The van der Waals surface area contributed by atoms with Crippen LogP contribution in [0.5, 0.6) is 0 Å².